The molecule has 176 valence electrons. The molecule has 0 aliphatic heterocycles. The topological polar surface area (TPSA) is 137 Å². The highest BCUT2D eigenvalue weighted by atomic mass is 35.5. The molecule has 0 saturated heterocycles. The number of carboxylic acid groups (broad SMARTS) is 1. The van der Waals surface area contributed by atoms with Crippen LogP contribution >= 0.6 is 23.2 Å². The average Bonchev–Trinajstić information content (AvgIpc) is 2.77. The molecular weight excluding hydrogens is 483 g/mol. The summed E-state index contributed by atoms with van der Waals surface area (Å²) in [7, 11) is 0. The molecule has 1 fully saturated rings. The number of halogens is 2. The van der Waals surface area contributed by atoms with Crippen LogP contribution in [0.15, 0.2) is 46.2 Å². The third kappa shape index (κ3) is 4.90. The highest BCUT2D eigenvalue weighted by Gasteiger charge is 2.29. The van der Waals surface area contributed by atoms with E-state index in [0.29, 0.717) is 11.3 Å². The van der Waals surface area contributed by atoms with Crippen LogP contribution < -0.4 is 26.8 Å². The van der Waals surface area contributed by atoms with Crippen molar-refractivity contribution >= 4 is 52.1 Å². The number of carbonyl (C=O) groups is 2. The molecule has 1 heterocycles. The molecule has 1 aliphatic rings. The van der Waals surface area contributed by atoms with Crippen molar-refractivity contribution in [2.24, 2.45) is 0 Å². The molecule has 4 N–H and O–H groups in total. The van der Waals surface area contributed by atoms with Gasteiger partial charge in [-0.25, -0.2) is 4.79 Å². The van der Waals surface area contributed by atoms with Gasteiger partial charge in [0.2, 0.25) is 0 Å². The van der Waals surface area contributed by atoms with Gasteiger partial charge in [0.25, 0.3) is 16.8 Å². The Kier molecular flexibility index (Phi) is 6.85. The van der Waals surface area contributed by atoms with Gasteiger partial charge in [-0.05, 0) is 37.0 Å². The van der Waals surface area contributed by atoms with Crippen molar-refractivity contribution in [2.45, 2.75) is 37.8 Å². The van der Waals surface area contributed by atoms with E-state index < -0.39 is 28.8 Å². The van der Waals surface area contributed by atoms with Crippen LogP contribution in [0.5, 0.6) is 0 Å². The molecular formula is C23H20Cl2N4O5. The van der Waals surface area contributed by atoms with Crippen molar-refractivity contribution in [3.05, 3.63) is 78.3 Å². The van der Waals surface area contributed by atoms with E-state index in [9.17, 15) is 24.3 Å². The molecule has 1 amide bonds. The van der Waals surface area contributed by atoms with E-state index in [1.54, 1.807) is 24.3 Å². The SMILES string of the molecule is O=C(Nc1ccc(C[C@H](Nc2c(NC3CCC3)c(=O)c2=O)C(=O)O)cc1)c1c(Cl)cncc1Cl. The Labute approximate surface area is 203 Å². The molecule has 1 aliphatic carbocycles. The van der Waals surface area contributed by atoms with Crippen LogP contribution in [0.3, 0.4) is 0 Å². The molecule has 1 saturated carbocycles. The van der Waals surface area contributed by atoms with Crippen molar-refractivity contribution < 1.29 is 14.7 Å². The van der Waals surface area contributed by atoms with Gasteiger partial charge in [-0.3, -0.25) is 19.4 Å². The van der Waals surface area contributed by atoms with Gasteiger partial charge in [0.05, 0.1) is 15.6 Å². The molecule has 1 atom stereocenters. The smallest absolute Gasteiger partial charge is 0.326 e. The fraction of sp³-hybridized carbons (Fsp3) is 0.261. The van der Waals surface area contributed by atoms with Gasteiger partial charge >= 0.3 is 5.97 Å². The maximum atomic E-state index is 12.5. The van der Waals surface area contributed by atoms with Gasteiger partial charge < -0.3 is 21.1 Å². The van der Waals surface area contributed by atoms with E-state index >= 15 is 0 Å². The summed E-state index contributed by atoms with van der Waals surface area (Å²) in [5.41, 5.74) is 0.00765. The van der Waals surface area contributed by atoms with E-state index in [4.69, 9.17) is 23.2 Å². The van der Waals surface area contributed by atoms with Crippen LogP contribution in [-0.2, 0) is 11.2 Å². The molecule has 0 spiro atoms. The number of rotatable bonds is 9. The largest absolute Gasteiger partial charge is 0.480 e. The predicted octanol–water partition coefficient (Wildman–Crippen LogP) is 3.31. The minimum Gasteiger partial charge on any atom is -0.480 e. The first-order chi connectivity index (χ1) is 16.2. The lowest BCUT2D eigenvalue weighted by Gasteiger charge is -2.29. The summed E-state index contributed by atoms with van der Waals surface area (Å²) < 4.78 is 0. The summed E-state index contributed by atoms with van der Waals surface area (Å²) in [6, 6.07) is 5.52. The van der Waals surface area contributed by atoms with Crippen LogP contribution in [-0.4, -0.2) is 34.1 Å². The van der Waals surface area contributed by atoms with Crippen molar-refractivity contribution in [3.8, 4) is 0 Å². The first kappa shape index (κ1) is 23.7. The minimum atomic E-state index is -1.16. The quantitative estimate of drug-likeness (QED) is 0.327. The van der Waals surface area contributed by atoms with Gasteiger partial charge in [-0.15, -0.1) is 0 Å². The van der Waals surface area contributed by atoms with Crippen LogP contribution in [0.4, 0.5) is 17.1 Å². The van der Waals surface area contributed by atoms with E-state index in [1.165, 1.54) is 12.4 Å². The Bertz CT molecular complexity index is 1290. The van der Waals surface area contributed by atoms with Gasteiger partial charge in [-0.2, -0.15) is 0 Å². The zero-order chi connectivity index (χ0) is 24.4. The second-order valence-electron chi connectivity index (χ2n) is 8.05. The number of amides is 1. The number of nitrogens with zero attached hydrogens (tertiary/aromatic N) is 1. The highest BCUT2D eigenvalue weighted by Crippen LogP contribution is 2.26. The highest BCUT2D eigenvalue weighted by molar-refractivity contribution is 6.40. The van der Waals surface area contributed by atoms with Crippen LogP contribution in [0.1, 0.15) is 35.2 Å². The molecule has 1 aromatic heterocycles. The number of carboxylic acids is 1. The molecule has 0 bridgehead atoms. The van der Waals surface area contributed by atoms with E-state index in [2.05, 4.69) is 20.9 Å². The first-order valence-electron chi connectivity index (χ1n) is 10.5. The van der Waals surface area contributed by atoms with Crippen molar-refractivity contribution in [1.82, 2.24) is 4.98 Å². The average molecular weight is 503 g/mol. The number of pyridine rings is 1. The molecule has 9 nitrogen and oxygen atoms in total. The van der Waals surface area contributed by atoms with E-state index in [-0.39, 0.29) is 39.4 Å². The lowest BCUT2D eigenvalue weighted by molar-refractivity contribution is -0.137. The van der Waals surface area contributed by atoms with E-state index in [0.717, 1.165) is 19.3 Å². The van der Waals surface area contributed by atoms with Gasteiger partial charge in [0, 0.05) is 30.5 Å². The Morgan fingerprint density at radius 2 is 1.65 bits per heavy atom. The van der Waals surface area contributed by atoms with Crippen molar-refractivity contribution in [3.63, 3.8) is 0 Å². The number of carbonyl (C=O) groups excluding carboxylic acids is 1. The molecule has 2 aromatic carbocycles. The lowest BCUT2D eigenvalue weighted by Crippen LogP contribution is -2.44. The number of hydrogen-bond donors (Lipinski definition) is 4. The number of anilines is 3. The first-order valence-corrected chi connectivity index (χ1v) is 11.3. The molecule has 34 heavy (non-hydrogen) atoms. The second kappa shape index (κ2) is 9.82. The molecule has 0 radical (unpaired) electrons. The zero-order valence-corrected chi connectivity index (χ0v) is 19.2. The fourth-order valence-electron chi connectivity index (χ4n) is 3.58. The Morgan fingerprint density at radius 3 is 2.21 bits per heavy atom. The number of hydrogen-bond acceptors (Lipinski definition) is 7. The van der Waals surface area contributed by atoms with Crippen molar-refractivity contribution in [2.75, 3.05) is 16.0 Å². The van der Waals surface area contributed by atoms with Gasteiger partial charge in [0.1, 0.15) is 17.4 Å². The maximum absolute atomic E-state index is 12.5. The van der Waals surface area contributed by atoms with Crippen LogP contribution in [0.2, 0.25) is 10.0 Å². The molecule has 0 unspecified atom stereocenters. The summed E-state index contributed by atoms with van der Waals surface area (Å²) in [6.07, 6.45) is 5.53. The van der Waals surface area contributed by atoms with Crippen molar-refractivity contribution in [1.29, 1.82) is 0 Å². The summed E-state index contributed by atoms with van der Waals surface area (Å²) >= 11 is 12.0. The zero-order valence-electron chi connectivity index (χ0n) is 17.7. The predicted molar refractivity (Wildman–Crippen MR) is 130 cm³/mol. The summed E-state index contributed by atoms with van der Waals surface area (Å²) in [5.74, 6) is -1.68. The molecule has 3 aromatic rings. The summed E-state index contributed by atoms with van der Waals surface area (Å²) in [4.78, 5) is 52.0. The Morgan fingerprint density at radius 1 is 1.03 bits per heavy atom. The standard InChI is InChI=1S/C23H20Cl2N4O5/c24-14-9-26-10-15(25)17(14)22(32)28-13-6-4-11(5-7-13)8-16(23(33)34)29-19-18(20(30)21(19)31)27-12-2-1-3-12/h4-7,9-10,12,16,27,29H,1-3,8H2,(H,28,32)(H,33,34)/t16-/m0/s1. The van der Waals surface area contributed by atoms with Gasteiger partial charge in [0.15, 0.2) is 0 Å². The monoisotopic (exact) mass is 502 g/mol. The van der Waals surface area contributed by atoms with E-state index in [1.807, 2.05) is 0 Å². The number of aromatic nitrogens is 1. The second-order valence-corrected chi connectivity index (χ2v) is 8.86. The third-order valence-electron chi connectivity index (χ3n) is 5.71. The van der Waals surface area contributed by atoms with Crippen LogP contribution in [0.25, 0.3) is 0 Å². The third-order valence-corrected chi connectivity index (χ3v) is 6.29. The number of nitrogens with one attached hydrogen (secondary N) is 3. The van der Waals surface area contributed by atoms with Crippen LogP contribution in [0, 0.1) is 0 Å². The maximum Gasteiger partial charge on any atom is 0.326 e. The summed E-state index contributed by atoms with van der Waals surface area (Å²) in [6.45, 7) is 0. The van der Waals surface area contributed by atoms with Gasteiger partial charge in [-0.1, -0.05) is 35.3 Å². The minimum absolute atomic E-state index is 0.0132. The normalized spacial score (nSPS) is 14.3. The lowest BCUT2D eigenvalue weighted by atomic mass is 9.92. The Balaban J connectivity index is 1.43. The number of aliphatic carboxylic acids is 1. The molecule has 4 rings (SSSR count). The number of benzene rings is 1. The molecule has 11 heteroatoms. The summed E-state index contributed by atoms with van der Waals surface area (Å²) in [5, 5.41) is 18.3. The fourth-order valence-corrected chi connectivity index (χ4v) is 4.12. The Hall–Kier alpha value is -3.43.